The third kappa shape index (κ3) is 3.85. The molecule has 1 atom stereocenters. The molecule has 0 radical (unpaired) electrons. The van der Waals surface area contributed by atoms with E-state index in [1.807, 2.05) is 0 Å². The highest BCUT2D eigenvalue weighted by Gasteiger charge is 2.21. The van der Waals surface area contributed by atoms with Crippen molar-refractivity contribution in [1.82, 2.24) is 14.8 Å². The highest BCUT2D eigenvalue weighted by molar-refractivity contribution is 7.90. The smallest absolute Gasteiger partial charge is 0.240 e. The van der Waals surface area contributed by atoms with Gasteiger partial charge in [-0.3, -0.25) is 0 Å². The number of sulfonamides is 2. The standard InChI is InChI=1S/C13H21N3O4S2/c1-10-7-12(3-4-13(10)22(19,20)14-2)21(17,18)16-9-11-5-6-15-8-11/h3-4,7,11,14-16H,5-6,8-9H2,1-2H3. The summed E-state index contributed by atoms with van der Waals surface area (Å²) in [6.45, 7) is 3.66. The van der Waals surface area contributed by atoms with Crippen molar-refractivity contribution in [2.45, 2.75) is 23.1 Å². The molecule has 1 aliphatic rings. The van der Waals surface area contributed by atoms with E-state index in [1.165, 1.54) is 25.2 Å². The average Bonchev–Trinajstić information content (AvgIpc) is 2.98. The van der Waals surface area contributed by atoms with E-state index in [4.69, 9.17) is 0 Å². The molecule has 0 amide bonds. The van der Waals surface area contributed by atoms with Gasteiger partial charge in [-0.1, -0.05) is 0 Å². The third-order valence-electron chi connectivity index (χ3n) is 3.74. The summed E-state index contributed by atoms with van der Waals surface area (Å²) in [5.41, 5.74) is 0.389. The van der Waals surface area contributed by atoms with Crippen LogP contribution in [0.3, 0.4) is 0 Å². The first-order valence-electron chi connectivity index (χ1n) is 7.01. The van der Waals surface area contributed by atoms with Crippen molar-refractivity contribution >= 4 is 20.0 Å². The van der Waals surface area contributed by atoms with Gasteiger partial charge in [0, 0.05) is 6.54 Å². The molecule has 22 heavy (non-hydrogen) atoms. The highest BCUT2D eigenvalue weighted by atomic mass is 32.2. The van der Waals surface area contributed by atoms with E-state index in [1.54, 1.807) is 6.92 Å². The van der Waals surface area contributed by atoms with Gasteiger partial charge < -0.3 is 5.32 Å². The molecule has 1 aliphatic heterocycles. The van der Waals surface area contributed by atoms with Crippen molar-refractivity contribution < 1.29 is 16.8 Å². The fourth-order valence-corrected chi connectivity index (χ4v) is 4.55. The predicted octanol–water partition coefficient (Wildman–Crippen LogP) is -0.209. The molecule has 1 heterocycles. The van der Waals surface area contributed by atoms with E-state index in [0.717, 1.165) is 19.5 Å². The van der Waals surface area contributed by atoms with E-state index >= 15 is 0 Å². The Balaban J connectivity index is 2.19. The molecule has 2 rings (SSSR count). The summed E-state index contributed by atoms with van der Waals surface area (Å²) < 4.78 is 53.0. The number of rotatable bonds is 6. The zero-order valence-electron chi connectivity index (χ0n) is 12.6. The SMILES string of the molecule is CNS(=O)(=O)c1ccc(S(=O)(=O)NCC2CCNC2)cc1C. The van der Waals surface area contributed by atoms with Crippen molar-refractivity contribution in [2.75, 3.05) is 26.7 Å². The van der Waals surface area contributed by atoms with Crippen LogP contribution in [-0.4, -0.2) is 43.5 Å². The van der Waals surface area contributed by atoms with Gasteiger partial charge in [-0.2, -0.15) is 0 Å². The summed E-state index contributed by atoms with van der Waals surface area (Å²) >= 11 is 0. The number of hydrogen-bond donors (Lipinski definition) is 3. The summed E-state index contributed by atoms with van der Waals surface area (Å²) in [5, 5.41) is 3.18. The van der Waals surface area contributed by atoms with Gasteiger partial charge in [-0.15, -0.1) is 0 Å². The molecule has 0 spiro atoms. The Morgan fingerprint density at radius 1 is 1.23 bits per heavy atom. The maximum Gasteiger partial charge on any atom is 0.240 e. The van der Waals surface area contributed by atoms with Crippen LogP contribution in [0, 0.1) is 12.8 Å². The van der Waals surface area contributed by atoms with E-state index in [9.17, 15) is 16.8 Å². The second-order valence-corrected chi connectivity index (χ2v) is 8.97. The van der Waals surface area contributed by atoms with E-state index in [0.29, 0.717) is 18.0 Å². The van der Waals surface area contributed by atoms with Gasteiger partial charge in [0.05, 0.1) is 9.79 Å². The molecule has 1 fully saturated rings. The molecule has 1 saturated heterocycles. The van der Waals surface area contributed by atoms with Crippen LogP contribution in [0.4, 0.5) is 0 Å². The van der Waals surface area contributed by atoms with E-state index in [-0.39, 0.29) is 9.79 Å². The number of aryl methyl sites for hydroxylation is 1. The van der Waals surface area contributed by atoms with Crippen LogP contribution in [0.25, 0.3) is 0 Å². The van der Waals surface area contributed by atoms with Crippen LogP contribution in [-0.2, 0) is 20.0 Å². The predicted molar refractivity (Wildman–Crippen MR) is 83.6 cm³/mol. The largest absolute Gasteiger partial charge is 0.316 e. The molecule has 1 unspecified atom stereocenters. The molecule has 124 valence electrons. The van der Waals surface area contributed by atoms with Gasteiger partial charge in [0.1, 0.15) is 0 Å². The Kier molecular flexibility index (Phi) is 5.23. The Morgan fingerprint density at radius 3 is 2.50 bits per heavy atom. The minimum Gasteiger partial charge on any atom is -0.316 e. The molecule has 1 aromatic carbocycles. The summed E-state index contributed by atoms with van der Waals surface area (Å²) in [5.74, 6) is 0.291. The molecule has 3 N–H and O–H groups in total. The average molecular weight is 347 g/mol. The monoisotopic (exact) mass is 347 g/mol. The van der Waals surface area contributed by atoms with Crippen molar-refractivity contribution in [3.63, 3.8) is 0 Å². The number of hydrogen-bond acceptors (Lipinski definition) is 5. The minimum atomic E-state index is -3.63. The summed E-state index contributed by atoms with van der Waals surface area (Å²) in [7, 11) is -5.91. The number of nitrogens with one attached hydrogen (secondary N) is 3. The Morgan fingerprint density at radius 2 is 1.95 bits per heavy atom. The zero-order valence-corrected chi connectivity index (χ0v) is 14.2. The van der Waals surface area contributed by atoms with Gasteiger partial charge in [0.2, 0.25) is 20.0 Å². The quantitative estimate of drug-likeness (QED) is 0.661. The van der Waals surface area contributed by atoms with E-state index < -0.39 is 20.0 Å². The first-order chi connectivity index (χ1) is 10.3. The van der Waals surface area contributed by atoms with Gasteiger partial charge >= 0.3 is 0 Å². The Bertz CT molecular complexity index is 739. The molecule has 0 aliphatic carbocycles. The summed E-state index contributed by atoms with van der Waals surface area (Å²) in [4.78, 5) is 0.153. The van der Waals surface area contributed by atoms with Gasteiger partial charge in [0.25, 0.3) is 0 Å². The second-order valence-electron chi connectivity index (χ2n) is 5.35. The van der Waals surface area contributed by atoms with Gasteiger partial charge in [-0.25, -0.2) is 26.3 Å². The molecule has 0 bridgehead atoms. The lowest BCUT2D eigenvalue weighted by Crippen LogP contribution is -2.30. The summed E-state index contributed by atoms with van der Waals surface area (Å²) in [6.07, 6.45) is 0.945. The first kappa shape index (κ1) is 17.4. The second kappa shape index (κ2) is 6.63. The van der Waals surface area contributed by atoms with Crippen LogP contribution < -0.4 is 14.8 Å². The van der Waals surface area contributed by atoms with Crippen LogP contribution in [0.1, 0.15) is 12.0 Å². The highest BCUT2D eigenvalue weighted by Crippen LogP contribution is 2.19. The first-order valence-corrected chi connectivity index (χ1v) is 9.97. The van der Waals surface area contributed by atoms with Gasteiger partial charge in [0.15, 0.2) is 0 Å². The fraction of sp³-hybridized carbons (Fsp3) is 0.538. The Hall–Kier alpha value is -1.00. The maximum absolute atomic E-state index is 12.3. The van der Waals surface area contributed by atoms with Crippen LogP contribution in [0.15, 0.2) is 28.0 Å². The van der Waals surface area contributed by atoms with Crippen LogP contribution in [0.5, 0.6) is 0 Å². The minimum absolute atomic E-state index is 0.0750. The molecular formula is C13H21N3O4S2. The maximum atomic E-state index is 12.3. The number of benzene rings is 1. The molecule has 9 heteroatoms. The van der Waals surface area contributed by atoms with E-state index in [2.05, 4.69) is 14.8 Å². The lowest BCUT2D eigenvalue weighted by molar-refractivity contribution is 0.538. The normalized spacial score (nSPS) is 19.5. The van der Waals surface area contributed by atoms with Crippen molar-refractivity contribution in [3.05, 3.63) is 23.8 Å². The third-order valence-corrected chi connectivity index (χ3v) is 6.74. The molecular weight excluding hydrogens is 326 g/mol. The topological polar surface area (TPSA) is 104 Å². The Labute approximate surface area is 131 Å². The van der Waals surface area contributed by atoms with Crippen molar-refractivity contribution in [3.8, 4) is 0 Å². The van der Waals surface area contributed by atoms with Crippen LogP contribution in [0.2, 0.25) is 0 Å². The lowest BCUT2D eigenvalue weighted by Gasteiger charge is -2.12. The lowest BCUT2D eigenvalue weighted by atomic mass is 10.1. The van der Waals surface area contributed by atoms with Crippen molar-refractivity contribution in [2.24, 2.45) is 5.92 Å². The summed E-state index contributed by atoms with van der Waals surface area (Å²) in [6, 6.07) is 4.00. The fourth-order valence-electron chi connectivity index (χ4n) is 2.40. The van der Waals surface area contributed by atoms with Gasteiger partial charge in [-0.05, 0) is 63.2 Å². The molecule has 0 saturated carbocycles. The zero-order chi connectivity index (χ0) is 16.4. The van der Waals surface area contributed by atoms with Crippen molar-refractivity contribution in [1.29, 1.82) is 0 Å². The molecule has 0 aromatic heterocycles. The molecule has 7 nitrogen and oxygen atoms in total. The molecule has 1 aromatic rings. The van der Waals surface area contributed by atoms with Crippen LogP contribution >= 0.6 is 0 Å².